The highest BCUT2D eigenvalue weighted by atomic mass is 16.5. The maximum absolute atomic E-state index is 11.3. The molecule has 1 aromatic rings. The molecule has 4 heteroatoms. The number of aliphatic carboxylic acids is 1. The van der Waals surface area contributed by atoms with Gasteiger partial charge in [-0.1, -0.05) is 12.1 Å². The molecule has 0 aliphatic heterocycles. The molecule has 0 radical (unpaired) electrons. The Morgan fingerprint density at radius 2 is 1.95 bits per heavy atom. The van der Waals surface area contributed by atoms with Crippen molar-refractivity contribution < 1.29 is 14.6 Å². The van der Waals surface area contributed by atoms with Gasteiger partial charge in [0.25, 0.3) is 0 Å². The van der Waals surface area contributed by atoms with Crippen molar-refractivity contribution >= 4 is 5.97 Å². The molecule has 19 heavy (non-hydrogen) atoms. The van der Waals surface area contributed by atoms with Crippen molar-refractivity contribution in [2.24, 2.45) is 5.41 Å². The largest absolute Gasteiger partial charge is 0.497 e. The molecule has 0 aliphatic rings. The van der Waals surface area contributed by atoms with Gasteiger partial charge in [0.05, 0.1) is 12.5 Å². The summed E-state index contributed by atoms with van der Waals surface area (Å²) in [5, 5.41) is 12.6. The molecule has 0 unspecified atom stereocenters. The molecule has 0 heterocycles. The minimum atomic E-state index is -0.855. The van der Waals surface area contributed by atoms with Crippen molar-refractivity contribution in [3.63, 3.8) is 0 Å². The fraction of sp³-hybridized carbons (Fsp3) is 0.533. The minimum Gasteiger partial charge on any atom is -0.497 e. The van der Waals surface area contributed by atoms with Gasteiger partial charge in [-0.2, -0.15) is 0 Å². The van der Waals surface area contributed by atoms with E-state index >= 15 is 0 Å². The Morgan fingerprint density at radius 3 is 2.47 bits per heavy atom. The predicted molar refractivity (Wildman–Crippen MR) is 75.3 cm³/mol. The van der Waals surface area contributed by atoms with E-state index in [2.05, 4.69) is 5.32 Å². The average Bonchev–Trinajstić information content (AvgIpc) is 2.36. The van der Waals surface area contributed by atoms with E-state index in [1.54, 1.807) is 21.0 Å². The van der Waals surface area contributed by atoms with Gasteiger partial charge in [-0.25, -0.2) is 0 Å². The van der Waals surface area contributed by atoms with Crippen LogP contribution in [0.25, 0.3) is 0 Å². The summed E-state index contributed by atoms with van der Waals surface area (Å²) in [6.45, 7) is 7.87. The highest BCUT2D eigenvalue weighted by Gasteiger charge is 2.42. The zero-order valence-corrected chi connectivity index (χ0v) is 12.3. The van der Waals surface area contributed by atoms with Gasteiger partial charge >= 0.3 is 5.97 Å². The lowest BCUT2D eigenvalue weighted by atomic mass is 9.74. The molecule has 106 valence electrons. The second-order valence-electron chi connectivity index (χ2n) is 5.76. The number of carboxylic acids is 1. The zero-order chi connectivity index (χ0) is 14.7. The third kappa shape index (κ3) is 3.47. The van der Waals surface area contributed by atoms with Crippen molar-refractivity contribution in [1.29, 1.82) is 0 Å². The summed E-state index contributed by atoms with van der Waals surface area (Å²) in [6.07, 6.45) is 0. The number of carbonyl (C=O) groups is 1. The monoisotopic (exact) mass is 265 g/mol. The molecule has 1 aromatic carbocycles. The lowest BCUT2D eigenvalue weighted by Gasteiger charge is -2.39. The number of methoxy groups -OCH3 is 1. The van der Waals surface area contributed by atoms with Crippen molar-refractivity contribution in [2.75, 3.05) is 7.11 Å². The maximum atomic E-state index is 11.3. The molecule has 0 bridgehead atoms. The van der Waals surface area contributed by atoms with Crippen LogP contribution in [-0.4, -0.2) is 23.7 Å². The zero-order valence-electron chi connectivity index (χ0n) is 12.3. The third-order valence-electron chi connectivity index (χ3n) is 3.97. The van der Waals surface area contributed by atoms with Crippen LogP contribution in [0.1, 0.15) is 33.3 Å². The van der Waals surface area contributed by atoms with Crippen LogP contribution < -0.4 is 10.1 Å². The van der Waals surface area contributed by atoms with Gasteiger partial charge in [-0.15, -0.1) is 0 Å². The van der Waals surface area contributed by atoms with E-state index in [1.165, 1.54) is 0 Å². The van der Waals surface area contributed by atoms with E-state index in [0.717, 1.165) is 11.3 Å². The van der Waals surface area contributed by atoms with Crippen molar-refractivity contribution in [3.8, 4) is 5.75 Å². The van der Waals surface area contributed by atoms with E-state index in [0.29, 0.717) is 6.54 Å². The lowest BCUT2D eigenvalue weighted by molar-refractivity contribution is -0.151. The van der Waals surface area contributed by atoms with Gasteiger partial charge in [0.2, 0.25) is 0 Å². The first-order chi connectivity index (χ1) is 8.70. The predicted octanol–water partition coefficient (Wildman–Crippen LogP) is 2.67. The second kappa shape index (κ2) is 5.61. The number of carboxylic acid groups (broad SMARTS) is 1. The lowest BCUT2D eigenvalue weighted by Crippen LogP contribution is -2.54. The quantitative estimate of drug-likeness (QED) is 0.830. The molecule has 0 aliphatic carbocycles. The van der Waals surface area contributed by atoms with E-state index in [1.807, 2.05) is 38.1 Å². The molecule has 4 nitrogen and oxygen atoms in total. The van der Waals surface area contributed by atoms with Gasteiger partial charge < -0.3 is 15.2 Å². The summed E-state index contributed by atoms with van der Waals surface area (Å²) in [5.74, 6) is -0.00903. The van der Waals surface area contributed by atoms with E-state index in [9.17, 15) is 9.90 Å². The summed E-state index contributed by atoms with van der Waals surface area (Å²) in [6, 6.07) is 7.73. The molecule has 2 N–H and O–H groups in total. The summed E-state index contributed by atoms with van der Waals surface area (Å²) >= 11 is 0. The molecule has 0 atom stereocenters. The minimum absolute atomic E-state index is 0.526. The highest BCUT2D eigenvalue weighted by molar-refractivity contribution is 5.75. The molecule has 0 amide bonds. The first-order valence-electron chi connectivity index (χ1n) is 6.32. The van der Waals surface area contributed by atoms with E-state index in [4.69, 9.17) is 4.74 Å². The summed E-state index contributed by atoms with van der Waals surface area (Å²) in [5.41, 5.74) is -0.318. The first-order valence-corrected chi connectivity index (χ1v) is 6.32. The topological polar surface area (TPSA) is 58.6 Å². The van der Waals surface area contributed by atoms with Crippen LogP contribution in [-0.2, 0) is 11.3 Å². The van der Waals surface area contributed by atoms with Gasteiger partial charge in [0.15, 0.2) is 0 Å². The summed E-state index contributed by atoms with van der Waals surface area (Å²) in [7, 11) is 1.63. The van der Waals surface area contributed by atoms with Gasteiger partial charge in [0, 0.05) is 12.1 Å². The number of hydrogen-bond acceptors (Lipinski definition) is 3. The van der Waals surface area contributed by atoms with Crippen LogP contribution in [0.3, 0.4) is 0 Å². The van der Waals surface area contributed by atoms with E-state index < -0.39 is 16.9 Å². The molecule has 0 fully saturated rings. The average molecular weight is 265 g/mol. The van der Waals surface area contributed by atoms with Crippen molar-refractivity contribution in [2.45, 2.75) is 39.8 Å². The Kier molecular flexibility index (Phi) is 4.58. The van der Waals surface area contributed by atoms with Crippen LogP contribution in [0.5, 0.6) is 5.75 Å². The number of nitrogens with one attached hydrogen (secondary N) is 1. The van der Waals surface area contributed by atoms with Crippen LogP contribution in [0.15, 0.2) is 24.3 Å². The third-order valence-corrected chi connectivity index (χ3v) is 3.97. The molecule has 0 saturated heterocycles. The fourth-order valence-corrected chi connectivity index (χ4v) is 1.59. The van der Waals surface area contributed by atoms with Crippen LogP contribution >= 0.6 is 0 Å². The Balaban J connectivity index is 2.77. The molecule has 0 aromatic heterocycles. The molecule has 1 rings (SSSR count). The Bertz CT molecular complexity index is 452. The van der Waals surface area contributed by atoms with Gasteiger partial charge in [-0.3, -0.25) is 4.79 Å². The Hall–Kier alpha value is -1.55. The second-order valence-corrected chi connectivity index (χ2v) is 5.76. The molecule has 0 saturated carbocycles. The Morgan fingerprint density at radius 1 is 1.32 bits per heavy atom. The SMILES string of the molecule is COc1cccc(CNC(C)(C)C(C)(C)C(=O)O)c1. The standard InChI is InChI=1S/C15H23NO3/c1-14(2,13(17)18)15(3,4)16-10-11-7-6-8-12(9-11)19-5/h6-9,16H,10H2,1-5H3,(H,17,18). The van der Waals surface area contributed by atoms with Crippen LogP contribution in [0.2, 0.25) is 0 Å². The van der Waals surface area contributed by atoms with Crippen molar-refractivity contribution in [3.05, 3.63) is 29.8 Å². The number of hydrogen-bond donors (Lipinski definition) is 2. The van der Waals surface area contributed by atoms with Gasteiger partial charge in [-0.05, 0) is 45.4 Å². The Labute approximate surface area is 114 Å². The van der Waals surface area contributed by atoms with E-state index in [-0.39, 0.29) is 0 Å². The van der Waals surface area contributed by atoms with Crippen molar-refractivity contribution in [1.82, 2.24) is 5.32 Å². The normalized spacial score (nSPS) is 12.3. The molecule has 0 spiro atoms. The summed E-state index contributed by atoms with van der Waals surface area (Å²) in [4.78, 5) is 11.3. The number of benzene rings is 1. The van der Waals surface area contributed by atoms with Crippen LogP contribution in [0, 0.1) is 5.41 Å². The highest BCUT2D eigenvalue weighted by Crippen LogP contribution is 2.31. The number of rotatable bonds is 6. The fourth-order valence-electron chi connectivity index (χ4n) is 1.59. The summed E-state index contributed by atoms with van der Waals surface area (Å²) < 4.78 is 5.17. The smallest absolute Gasteiger partial charge is 0.310 e. The maximum Gasteiger partial charge on any atom is 0.310 e. The number of ether oxygens (including phenoxy) is 1. The first kappa shape index (κ1) is 15.5. The molecular formula is C15H23NO3. The van der Waals surface area contributed by atoms with Crippen LogP contribution in [0.4, 0.5) is 0 Å². The van der Waals surface area contributed by atoms with Gasteiger partial charge in [0.1, 0.15) is 5.75 Å². The molecular weight excluding hydrogens is 242 g/mol.